The molecule has 3 aromatic rings. The van der Waals surface area contributed by atoms with Crippen LogP contribution in [0.2, 0.25) is 0 Å². The van der Waals surface area contributed by atoms with Crippen molar-refractivity contribution < 1.29 is 9.90 Å². The van der Waals surface area contributed by atoms with Gasteiger partial charge in [0.25, 0.3) is 0 Å². The zero-order chi connectivity index (χ0) is 18.1. The fourth-order valence-corrected chi connectivity index (χ4v) is 3.60. The van der Waals surface area contributed by atoms with Crippen LogP contribution in [-0.4, -0.2) is 32.1 Å². The standard InChI is InChI=1S/C20H22N4O2/c1-12-22-16-6-5-13(8-18(16)23-12)9-19(26)24-20(14-10-15(25)11-14)17-4-2-3-7-21-17/h2-8,14-15,20,25H,9-11H2,1H3,(H,22,23)(H,24,26)/t14?,15?,20-/m0/s1. The highest BCUT2D eigenvalue weighted by molar-refractivity contribution is 5.82. The Morgan fingerprint density at radius 3 is 2.92 bits per heavy atom. The SMILES string of the molecule is Cc1nc2ccc(CC(=O)N[C@H](c3ccccn3)C3CC(O)C3)cc2[nH]1. The fourth-order valence-electron chi connectivity index (χ4n) is 3.60. The minimum atomic E-state index is -0.269. The molecule has 2 heterocycles. The highest BCUT2D eigenvalue weighted by Gasteiger charge is 2.36. The number of fused-ring (bicyclic) bond motifs is 1. The summed E-state index contributed by atoms with van der Waals surface area (Å²) in [5, 5.41) is 12.8. The summed E-state index contributed by atoms with van der Waals surface area (Å²) in [6.07, 6.45) is 3.15. The number of aromatic amines is 1. The van der Waals surface area contributed by atoms with Crippen molar-refractivity contribution in [3.05, 3.63) is 59.7 Å². The summed E-state index contributed by atoms with van der Waals surface area (Å²) in [7, 11) is 0. The third-order valence-electron chi connectivity index (χ3n) is 4.97. The molecule has 0 radical (unpaired) electrons. The molecule has 6 heteroatoms. The third-order valence-corrected chi connectivity index (χ3v) is 4.97. The van der Waals surface area contributed by atoms with Gasteiger partial charge < -0.3 is 15.4 Å². The first kappa shape index (κ1) is 16.7. The molecular formula is C20H22N4O2. The minimum absolute atomic E-state index is 0.0439. The van der Waals surface area contributed by atoms with Crippen LogP contribution in [0.15, 0.2) is 42.6 Å². The Morgan fingerprint density at radius 1 is 1.35 bits per heavy atom. The number of rotatable bonds is 5. The van der Waals surface area contributed by atoms with Crippen LogP contribution in [0.5, 0.6) is 0 Å². The average molecular weight is 350 g/mol. The maximum Gasteiger partial charge on any atom is 0.224 e. The number of nitrogens with one attached hydrogen (secondary N) is 2. The number of aliphatic hydroxyl groups is 1. The summed E-state index contributed by atoms with van der Waals surface area (Å²) < 4.78 is 0. The lowest BCUT2D eigenvalue weighted by Gasteiger charge is -2.37. The Morgan fingerprint density at radius 2 is 2.19 bits per heavy atom. The molecule has 1 fully saturated rings. The van der Waals surface area contributed by atoms with Gasteiger partial charge in [-0.1, -0.05) is 12.1 Å². The molecule has 1 saturated carbocycles. The van der Waals surface area contributed by atoms with Crippen LogP contribution in [0.4, 0.5) is 0 Å². The van der Waals surface area contributed by atoms with E-state index in [0.717, 1.165) is 28.1 Å². The molecule has 134 valence electrons. The molecule has 1 aliphatic rings. The number of carbonyl (C=O) groups excluding carboxylic acids is 1. The number of pyridine rings is 1. The number of amides is 1. The van der Waals surface area contributed by atoms with Gasteiger partial charge in [0.05, 0.1) is 35.3 Å². The molecule has 1 aromatic carbocycles. The van der Waals surface area contributed by atoms with E-state index in [0.29, 0.717) is 19.3 Å². The summed E-state index contributed by atoms with van der Waals surface area (Å²) >= 11 is 0. The molecule has 1 aliphatic carbocycles. The highest BCUT2D eigenvalue weighted by Crippen LogP contribution is 2.37. The van der Waals surface area contributed by atoms with E-state index in [-0.39, 0.29) is 24.0 Å². The van der Waals surface area contributed by atoms with Gasteiger partial charge in [-0.15, -0.1) is 0 Å². The Hall–Kier alpha value is -2.73. The number of H-pyrrole nitrogens is 1. The topological polar surface area (TPSA) is 90.9 Å². The summed E-state index contributed by atoms with van der Waals surface area (Å²) in [6, 6.07) is 11.4. The highest BCUT2D eigenvalue weighted by atomic mass is 16.3. The van der Waals surface area contributed by atoms with E-state index in [1.807, 2.05) is 43.3 Å². The number of hydrogen-bond acceptors (Lipinski definition) is 4. The van der Waals surface area contributed by atoms with Gasteiger partial charge in [-0.25, -0.2) is 4.98 Å². The first-order chi connectivity index (χ1) is 12.6. The summed E-state index contributed by atoms with van der Waals surface area (Å²) in [5.41, 5.74) is 3.63. The summed E-state index contributed by atoms with van der Waals surface area (Å²) in [4.78, 5) is 24.6. The van der Waals surface area contributed by atoms with E-state index in [1.165, 1.54) is 0 Å². The van der Waals surface area contributed by atoms with Gasteiger partial charge in [-0.2, -0.15) is 0 Å². The molecule has 26 heavy (non-hydrogen) atoms. The third kappa shape index (κ3) is 3.46. The smallest absolute Gasteiger partial charge is 0.224 e. The molecule has 0 unspecified atom stereocenters. The molecule has 0 spiro atoms. The Kier molecular flexibility index (Phi) is 4.42. The molecule has 1 atom stereocenters. The quantitative estimate of drug-likeness (QED) is 0.659. The van der Waals surface area contributed by atoms with Gasteiger partial charge >= 0.3 is 0 Å². The Balaban J connectivity index is 1.48. The van der Waals surface area contributed by atoms with Gasteiger partial charge in [-0.05, 0) is 55.5 Å². The molecule has 0 bridgehead atoms. The second kappa shape index (κ2) is 6.88. The number of aryl methyl sites for hydroxylation is 1. The molecule has 0 saturated heterocycles. The lowest BCUT2D eigenvalue weighted by molar-refractivity contribution is -0.122. The number of carbonyl (C=O) groups is 1. The maximum atomic E-state index is 12.6. The maximum absolute atomic E-state index is 12.6. The van der Waals surface area contributed by atoms with Crippen LogP contribution in [-0.2, 0) is 11.2 Å². The van der Waals surface area contributed by atoms with Gasteiger partial charge in [0.15, 0.2) is 0 Å². The summed E-state index contributed by atoms with van der Waals surface area (Å²) in [6.45, 7) is 1.91. The zero-order valence-electron chi connectivity index (χ0n) is 14.6. The van der Waals surface area contributed by atoms with Crippen LogP contribution in [0, 0.1) is 12.8 Å². The van der Waals surface area contributed by atoms with Crippen molar-refractivity contribution in [2.24, 2.45) is 5.92 Å². The lowest BCUT2D eigenvalue weighted by atomic mass is 9.76. The van der Waals surface area contributed by atoms with E-state index in [1.54, 1.807) is 6.20 Å². The second-order valence-corrected chi connectivity index (χ2v) is 7.04. The van der Waals surface area contributed by atoms with Crippen molar-refractivity contribution in [3.63, 3.8) is 0 Å². The molecule has 1 amide bonds. The van der Waals surface area contributed by atoms with Crippen molar-refractivity contribution in [2.45, 2.75) is 38.3 Å². The first-order valence-corrected chi connectivity index (χ1v) is 8.92. The normalized spacial score (nSPS) is 20.5. The lowest BCUT2D eigenvalue weighted by Crippen LogP contribution is -2.42. The van der Waals surface area contributed by atoms with Crippen LogP contribution < -0.4 is 5.32 Å². The average Bonchev–Trinajstić information content (AvgIpc) is 2.97. The van der Waals surface area contributed by atoms with Crippen molar-refractivity contribution in [2.75, 3.05) is 0 Å². The zero-order valence-corrected chi connectivity index (χ0v) is 14.6. The van der Waals surface area contributed by atoms with Crippen LogP contribution in [0.25, 0.3) is 11.0 Å². The minimum Gasteiger partial charge on any atom is -0.393 e. The monoisotopic (exact) mass is 350 g/mol. The van der Waals surface area contributed by atoms with E-state index < -0.39 is 0 Å². The Labute approximate surface area is 151 Å². The molecular weight excluding hydrogens is 328 g/mol. The van der Waals surface area contributed by atoms with Gasteiger partial charge in [0.1, 0.15) is 5.82 Å². The van der Waals surface area contributed by atoms with Crippen LogP contribution in [0.1, 0.15) is 36.0 Å². The molecule has 6 nitrogen and oxygen atoms in total. The van der Waals surface area contributed by atoms with Gasteiger partial charge in [-0.3, -0.25) is 9.78 Å². The van der Waals surface area contributed by atoms with E-state index in [4.69, 9.17) is 0 Å². The number of aliphatic hydroxyl groups excluding tert-OH is 1. The number of benzene rings is 1. The van der Waals surface area contributed by atoms with Gasteiger partial charge in [0.2, 0.25) is 5.91 Å². The molecule has 4 rings (SSSR count). The van der Waals surface area contributed by atoms with Crippen LogP contribution in [0.3, 0.4) is 0 Å². The number of aromatic nitrogens is 3. The van der Waals surface area contributed by atoms with Crippen molar-refractivity contribution in [1.29, 1.82) is 0 Å². The first-order valence-electron chi connectivity index (χ1n) is 8.92. The number of imidazole rings is 1. The molecule has 3 N–H and O–H groups in total. The van der Waals surface area contributed by atoms with Crippen LogP contribution >= 0.6 is 0 Å². The van der Waals surface area contributed by atoms with Crippen molar-refractivity contribution in [3.8, 4) is 0 Å². The predicted molar refractivity (Wildman–Crippen MR) is 98.4 cm³/mol. The largest absolute Gasteiger partial charge is 0.393 e. The fraction of sp³-hybridized carbons (Fsp3) is 0.350. The predicted octanol–water partition coefficient (Wildman–Crippen LogP) is 2.44. The van der Waals surface area contributed by atoms with Gasteiger partial charge in [0, 0.05) is 6.20 Å². The second-order valence-electron chi connectivity index (χ2n) is 7.04. The van der Waals surface area contributed by atoms with E-state index in [2.05, 4.69) is 20.3 Å². The van der Waals surface area contributed by atoms with E-state index in [9.17, 15) is 9.90 Å². The number of hydrogen-bond donors (Lipinski definition) is 3. The Bertz CT molecular complexity index is 916. The summed E-state index contributed by atoms with van der Waals surface area (Å²) in [5.74, 6) is 1.04. The number of nitrogens with zero attached hydrogens (tertiary/aromatic N) is 2. The molecule has 0 aliphatic heterocycles. The molecule has 2 aromatic heterocycles. The van der Waals surface area contributed by atoms with Crippen molar-refractivity contribution >= 4 is 16.9 Å². The van der Waals surface area contributed by atoms with Crippen molar-refractivity contribution in [1.82, 2.24) is 20.3 Å². The van der Waals surface area contributed by atoms with E-state index >= 15 is 0 Å².